The molecule has 0 saturated heterocycles. The highest BCUT2D eigenvalue weighted by Crippen LogP contribution is 2.40. The number of ether oxygens (including phenoxy) is 2. The van der Waals surface area contributed by atoms with Crippen molar-refractivity contribution in [3.8, 4) is 0 Å². The summed E-state index contributed by atoms with van der Waals surface area (Å²) in [5.74, 6) is 0.480. The lowest BCUT2D eigenvalue weighted by Crippen LogP contribution is -2.40. The Kier molecular flexibility index (Phi) is 7.25. The molecule has 0 aliphatic heterocycles. The van der Waals surface area contributed by atoms with Gasteiger partial charge >= 0.3 is 0 Å². The fourth-order valence-corrected chi connectivity index (χ4v) is 4.30. The Labute approximate surface area is 163 Å². The summed E-state index contributed by atoms with van der Waals surface area (Å²) in [6.07, 6.45) is 11.8. The van der Waals surface area contributed by atoms with Crippen LogP contribution in [0.3, 0.4) is 0 Å². The molecule has 4 heteroatoms. The Bertz CT molecular complexity index is 657. The molecule has 1 aromatic rings. The highest BCUT2D eigenvalue weighted by atomic mass is 16.5. The Morgan fingerprint density at radius 1 is 1.26 bits per heavy atom. The summed E-state index contributed by atoms with van der Waals surface area (Å²) in [6.45, 7) is 5.58. The molecule has 2 aliphatic carbocycles. The number of fused-ring (bicyclic) bond motifs is 1. The molecule has 0 radical (unpaired) electrons. The molecule has 3 N–H and O–H groups in total. The molecule has 0 aromatic heterocycles. The van der Waals surface area contributed by atoms with Gasteiger partial charge in [0.25, 0.3) is 0 Å². The lowest BCUT2D eigenvalue weighted by molar-refractivity contribution is 0.00492. The van der Waals surface area contributed by atoms with Crippen LogP contribution in [0.2, 0.25) is 0 Å². The summed E-state index contributed by atoms with van der Waals surface area (Å²) in [4.78, 5) is 0. The van der Waals surface area contributed by atoms with Crippen molar-refractivity contribution >= 4 is 0 Å². The van der Waals surface area contributed by atoms with Crippen molar-refractivity contribution in [2.75, 3.05) is 26.4 Å². The van der Waals surface area contributed by atoms with Crippen LogP contribution < -0.4 is 5.73 Å². The lowest BCUT2D eigenvalue weighted by atomic mass is 9.85. The summed E-state index contributed by atoms with van der Waals surface area (Å²) >= 11 is 0. The largest absolute Gasteiger partial charge is 0.394 e. The van der Waals surface area contributed by atoms with Crippen molar-refractivity contribution < 1.29 is 14.6 Å². The molecular formula is C23H33NO3. The highest BCUT2D eigenvalue weighted by Gasteiger charge is 2.36. The number of hydrogen-bond donors (Lipinski definition) is 2. The SMILES string of the molecule is C=C/C=C/COCCO[C@@H]1CCc2cc([C@H]3CC[C@](N)(CO)C3)ccc2C1. The standard InChI is InChI=1S/C23H33NO3/c1-2-3-4-11-26-12-13-27-22-8-7-18-14-19(5-6-20(18)15-22)21-9-10-23(24,16-21)17-25/h2-6,14,21-22,25H,1,7-13,15-17,24H2/b4-3+/t21-,22+,23+/m0/s1. The molecule has 0 heterocycles. The Morgan fingerprint density at radius 3 is 2.93 bits per heavy atom. The average Bonchev–Trinajstić information content (AvgIpc) is 3.10. The maximum atomic E-state index is 9.50. The van der Waals surface area contributed by atoms with Gasteiger partial charge in [0.2, 0.25) is 0 Å². The van der Waals surface area contributed by atoms with E-state index in [1.807, 2.05) is 12.2 Å². The van der Waals surface area contributed by atoms with Crippen molar-refractivity contribution in [1.82, 2.24) is 0 Å². The molecule has 1 aromatic carbocycles. The predicted octanol–water partition coefficient (Wildman–Crippen LogP) is 3.28. The van der Waals surface area contributed by atoms with E-state index in [9.17, 15) is 5.11 Å². The molecule has 3 atom stereocenters. The zero-order valence-electron chi connectivity index (χ0n) is 16.2. The van der Waals surface area contributed by atoms with Crippen molar-refractivity contribution in [2.45, 2.75) is 56.1 Å². The first-order valence-corrected chi connectivity index (χ1v) is 10.1. The number of nitrogens with two attached hydrogens (primary N) is 1. The van der Waals surface area contributed by atoms with Crippen LogP contribution in [0.5, 0.6) is 0 Å². The summed E-state index contributed by atoms with van der Waals surface area (Å²) in [5.41, 5.74) is 10.1. The minimum Gasteiger partial charge on any atom is -0.394 e. The first-order chi connectivity index (χ1) is 13.1. The van der Waals surface area contributed by atoms with Gasteiger partial charge in [0.05, 0.1) is 32.5 Å². The fraction of sp³-hybridized carbons (Fsp3) is 0.565. The predicted molar refractivity (Wildman–Crippen MR) is 109 cm³/mol. The number of hydrogen-bond acceptors (Lipinski definition) is 4. The topological polar surface area (TPSA) is 64.7 Å². The third kappa shape index (κ3) is 5.52. The van der Waals surface area contributed by atoms with E-state index in [0.29, 0.717) is 25.7 Å². The Morgan fingerprint density at radius 2 is 2.15 bits per heavy atom. The molecule has 148 valence electrons. The number of allylic oxidation sites excluding steroid dienone is 2. The van der Waals surface area contributed by atoms with Gasteiger partial charge in [-0.3, -0.25) is 0 Å². The van der Waals surface area contributed by atoms with Gasteiger partial charge in [-0.15, -0.1) is 0 Å². The van der Waals surface area contributed by atoms with Crippen LogP contribution in [-0.4, -0.2) is 43.2 Å². The van der Waals surface area contributed by atoms with Crippen LogP contribution >= 0.6 is 0 Å². The van der Waals surface area contributed by atoms with E-state index >= 15 is 0 Å². The van der Waals surface area contributed by atoms with Gasteiger partial charge in [0.15, 0.2) is 0 Å². The number of aliphatic hydroxyl groups is 1. The van der Waals surface area contributed by atoms with Crippen LogP contribution in [0.25, 0.3) is 0 Å². The summed E-state index contributed by atoms with van der Waals surface area (Å²) in [5, 5.41) is 9.50. The van der Waals surface area contributed by atoms with E-state index in [1.165, 1.54) is 16.7 Å². The van der Waals surface area contributed by atoms with Crippen molar-refractivity contribution in [3.05, 3.63) is 59.7 Å². The molecule has 2 aliphatic rings. The maximum absolute atomic E-state index is 9.50. The summed E-state index contributed by atoms with van der Waals surface area (Å²) < 4.78 is 11.5. The Hall–Kier alpha value is -1.46. The van der Waals surface area contributed by atoms with Gasteiger partial charge in [-0.1, -0.05) is 43.0 Å². The second-order valence-electron chi connectivity index (χ2n) is 7.96. The highest BCUT2D eigenvalue weighted by molar-refractivity contribution is 5.36. The molecule has 0 unspecified atom stereocenters. The van der Waals surface area contributed by atoms with E-state index in [4.69, 9.17) is 15.2 Å². The van der Waals surface area contributed by atoms with E-state index in [-0.39, 0.29) is 18.2 Å². The second-order valence-corrected chi connectivity index (χ2v) is 7.96. The molecule has 1 saturated carbocycles. The first kappa shape index (κ1) is 20.3. The molecule has 1 fully saturated rings. The zero-order valence-corrected chi connectivity index (χ0v) is 16.2. The van der Waals surface area contributed by atoms with E-state index in [0.717, 1.165) is 38.5 Å². The number of aliphatic hydroxyl groups excluding tert-OH is 1. The van der Waals surface area contributed by atoms with E-state index < -0.39 is 0 Å². The van der Waals surface area contributed by atoms with Crippen LogP contribution in [0.4, 0.5) is 0 Å². The molecule has 0 spiro atoms. The average molecular weight is 372 g/mol. The number of benzene rings is 1. The third-order valence-electron chi connectivity index (χ3n) is 5.91. The van der Waals surface area contributed by atoms with Crippen LogP contribution in [0, 0.1) is 0 Å². The monoisotopic (exact) mass is 371 g/mol. The van der Waals surface area contributed by atoms with Crippen LogP contribution in [-0.2, 0) is 22.3 Å². The van der Waals surface area contributed by atoms with Gasteiger partial charge in [-0.25, -0.2) is 0 Å². The van der Waals surface area contributed by atoms with Gasteiger partial charge in [0, 0.05) is 5.54 Å². The molecular weight excluding hydrogens is 338 g/mol. The summed E-state index contributed by atoms with van der Waals surface area (Å²) in [7, 11) is 0. The molecule has 27 heavy (non-hydrogen) atoms. The second kappa shape index (κ2) is 9.65. The number of rotatable bonds is 9. The normalized spacial score (nSPS) is 27.8. The van der Waals surface area contributed by atoms with Crippen LogP contribution in [0.1, 0.15) is 48.3 Å². The smallest absolute Gasteiger partial charge is 0.0704 e. The van der Waals surface area contributed by atoms with E-state index in [1.54, 1.807) is 6.08 Å². The fourth-order valence-electron chi connectivity index (χ4n) is 4.30. The zero-order chi connectivity index (χ0) is 19.1. The van der Waals surface area contributed by atoms with Gasteiger partial charge < -0.3 is 20.3 Å². The minimum absolute atomic E-state index is 0.0850. The summed E-state index contributed by atoms with van der Waals surface area (Å²) in [6, 6.07) is 6.89. The quantitative estimate of drug-likeness (QED) is 0.516. The maximum Gasteiger partial charge on any atom is 0.0704 e. The third-order valence-corrected chi connectivity index (χ3v) is 5.91. The van der Waals surface area contributed by atoms with Crippen molar-refractivity contribution in [2.24, 2.45) is 5.73 Å². The molecule has 0 bridgehead atoms. The molecule has 3 rings (SSSR count). The van der Waals surface area contributed by atoms with Crippen molar-refractivity contribution in [3.63, 3.8) is 0 Å². The lowest BCUT2D eigenvalue weighted by Gasteiger charge is -2.26. The minimum atomic E-state index is -0.386. The molecule has 4 nitrogen and oxygen atoms in total. The Balaban J connectivity index is 1.46. The number of aryl methyl sites for hydroxylation is 1. The van der Waals surface area contributed by atoms with Crippen LogP contribution in [0.15, 0.2) is 43.0 Å². The van der Waals surface area contributed by atoms with E-state index in [2.05, 4.69) is 24.8 Å². The molecule has 0 amide bonds. The first-order valence-electron chi connectivity index (χ1n) is 10.1. The van der Waals surface area contributed by atoms with Gasteiger partial charge in [0.1, 0.15) is 0 Å². The van der Waals surface area contributed by atoms with Gasteiger partial charge in [-0.05, 0) is 61.1 Å². The van der Waals surface area contributed by atoms with Crippen molar-refractivity contribution in [1.29, 1.82) is 0 Å². The van der Waals surface area contributed by atoms with Gasteiger partial charge in [-0.2, -0.15) is 0 Å².